The lowest BCUT2D eigenvalue weighted by Crippen LogP contribution is -2.48. The molecule has 2 aromatic carbocycles. The smallest absolute Gasteiger partial charge is 0.242 e. The molecule has 0 unspecified atom stereocenters. The van der Waals surface area contributed by atoms with E-state index in [9.17, 15) is 14.0 Å². The highest BCUT2D eigenvalue weighted by atomic mass is 19.1. The minimum Gasteiger partial charge on any atom is -0.354 e. The van der Waals surface area contributed by atoms with Gasteiger partial charge in [-0.2, -0.15) is 0 Å². The average Bonchev–Trinajstić information content (AvgIpc) is 2.65. The lowest BCUT2D eigenvalue weighted by molar-refractivity contribution is -0.140. The van der Waals surface area contributed by atoms with Crippen LogP contribution in [0.1, 0.15) is 37.5 Å². The van der Waals surface area contributed by atoms with Crippen LogP contribution < -0.4 is 5.32 Å². The number of benzene rings is 2. The Labute approximate surface area is 166 Å². The molecule has 0 heterocycles. The van der Waals surface area contributed by atoms with E-state index in [-0.39, 0.29) is 30.6 Å². The monoisotopic (exact) mass is 384 g/mol. The summed E-state index contributed by atoms with van der Waals surface area (Å²) in [5.41, 5.74) is 2.77. The number of rotatable bonds is 8. The quantitative estimate of drug-likeness (QED) is 0.751. The summed E-state index contributed by atoms with van der Waals surface area (Å²) in [5.74, 6) is -0.329. The molecule has 0 aliphatic carbocycles. The van der Waals surface area contributed by atoms with E-state index in [2.05, 4.69) is 5.32 Å². The van der Waals surface area contributed by atoms with Crippen LogP contribution in [0.5, 0.6) is 0 Å². The highest BCUT2D eigenvalue weighted by Gasteiger charge is 2.26. The van der Waals surface area contributed by atoms with Crippen molar-refractivity contribution >= 4 is 11.8 Å². The van der Waals surface area contributed by atoms with E-state index in [1.807, 2.05) is 45.0 Å². The van der Waals surface area contributed by atoms with Crippen LogP contribution in [0.4, 0.5) is 4.39 Å². The van der Waals surface area contributed by atoms with Gasteiger partial charge in [0, 0.05) is 13.1 Å². The molecule has 0 aliphatic rings. The highest BCUT2D eigenvalue weighted by Crippen LogP contribution is 2.14. The molecule has 2 amide bonds. The highest BCUT2D eigenvalue weighted by molar-refractivity contribution is 5.88. The molecule has 0 aromatic heterocycles. The Bertz CT molecular complexity index is 803. The molecular weight excluding hydrogens is 355 g/mol. The van der Waals surface area contributed by atoms with Crippen molar-refractivity contribution in [3.63, 3.8) is 0 Å². The molecule has 5 heteroatoms. The molecule has 0 aliphatic heterocycles. The minimum atomic E-state index is -0.624. The van der Waals surface area contributed by atoms with Crippen molar-refractivity contribution in [3.8, 4) is 0 Å². The third-order valence-electron chi connectivity index (χ3n) is 4.56. The lowest BCUT2D eigenvalue weighted by atomic mass is 10.1. The topological polar surface area (TPSA) is 49.4 Å². The predicted octanol–water partition coefficient (Wildman–Crippen LogP) is 3.87. The Morgan fingerprint density at radius 1 is 1.04 bits per heavy atom. The van der Waals surface area contributed by atoms with Crippen LogP contribution in [0.25, 0.3) is 0 Å². The van der Waals surface area contributed by atoms with Gasteiger partial charge in [-0.05, 0) is 43.0 Å². The average molecular weight is 384 g/mol. The molecule has 0 radical (unpaired) electrons. The lowest BCUT2D eigenvalue weighted by Gasteiger charge is -2.29. The number of nitrogens with one attached hydrogen (secondary N) is 1. The Hall–Kier alpha value is -2.69. The SMILES string of the molecule is Cc1cccc(CC(=O)N(Cc2ccc(F)cc2)[C@@H](C)C(=O)NCC(C)C)c1. The van der Waals surface area contributed by atoms with E-state index >= 15 is 0 Å². The largest absolute Gasteiger partial charge is 0.354 e. The van der Waals surface area contributed by atoms with E-state index in [0.29, 0.717) is 12.5 Å². The fraction of sp³-hybridized carbons (Fsp3) is 0.391. The number of hydrogen-bond donors (Lipinski definition) is 1. The third-order valence-corrected chi connectivity index (χ3v) is 4.56. The van der Waals surface area contributed by atoms with E-state index in [1.54, 1.807) is 24.0 Å². The first kappa shape index (κ1) is 21.6. The predicted molar refractivity (Wildman–Crippen MR) is 109 cm³/mol. The van der Waals surface area contributed by atoms with Crippen LogP contribution in [0.15, 0.2) is 48.5 Å². The standard InChI is InChI=1S/C23H29FN2O2/c1-16(2)14-25-23(28)18(4)26(15-19-8-10-21(24)11-9-19)22(27)13-20-7-5-6-17(3)12-20/h5-12,16,18H,13-15H2,1-4H3,(H,25,28)/t18-/m0/s1. The van der Waals surface area contributed by atoms with Gasteiger partial charge in [0.05, 0.1) is 6.42 Å². The molecule has 0 saturated carbocycles. The number of nitrogens with zero attached hydrogens (tertiary/aromatic N) is 1. The van der Waals surface area contributed by atoms with Gasteiger partial charge in [0.1, 0.15) is 11.9 Å². The van der Waals surface area contributed by atoms with Crippen molar-refractivity contribution in [2.24, 2.45) is 5.92 Å². The molecule has 1 atom stereocenters. The van der Waals surface area contributed by atoms with Crippen molar-refractivity contribution in [3.05, 3.63) is 71.0 Å². The summed E-state index contributed by atoms with van der Waals surface area (Å²) in [4.78, 5) is 27.2. The fourth-order valence-electron chi connectivity index (χ4n) is 2.92. The molecule has 2 rings (SSSR count). The zero-order valence-corrected chi connectivity index (χ0v) is 17.0. The normalized spacial score (nSPS) is 11.9. The molecule has 150 valence electrons. The zero-order valence-electron chi connectivity index (χ0n) is 17.0. The van der Waals surface area contributed by atoms with Gasteiger partial charge in [-0.1, -0.05) is 55.8 Å². The number of carbonyl (C=O) groups excluding carboxylic acids is 2. The van der Waals surface area contributed by atoms with Crippen LogP contribution in [0, 0.1) is 18.7 Å². The molecule has 0 fully saturated rings. The van der Waals surface area contributed by atoms with Crippen LogP contribution in [0.3, 0.4) is 0 Å². The van der Waals surface area contributed by atoms with Gasteiger partial charge in [0.2, 0.25) is 11.8 Å². The molecular formula is C23H29FN2O2. The van der Waals surface area contributed by atoms with Gasteiger partial charge < -0.3 is 10.2 Å². The number of hydrogen-bond acceptors (Lipinski definition) is 2. The number of halogens is 1. The Morgan fingerprint density at radius 2 is 1.71 bits per heavy atom. The zero-order chi connectivity index (χ0) is 20.7. The van der Waals surface area contributed by atoms with E-state index in [4.69, 9.17) is 0 Å². The van der Waals surface area contributed by atoms with Crippen LogP contribution in [-0.2, 0) is 22.6 Å². The van der Waals surface area contributed by atoms with Gasteiger partial charge >= 0.3 is 0 Å². The van der Waals surface area contributed by atoms with Crippen molar-refractivity contribution in [1.29, 1.82) is 0 Å². The summed E-state index contributed by atoms with van der Waals surface area (Å²) in [6, 6.07) is 13.2. The minimum absolute atomic E-state index is 0.137. The number of aryl methyl sites for hydroxylation is 1. The van der Waals surface area contributed by atoms with Gasteiger partial charge in [0.25, 0.3) is 0 Å². The second-order valence-corrected chi connectivity index (χ2v) is 7.63. The van der Waals surface area contributed by atoms with E-state index < -0.39 is 6.04 Å². The number of amides is 2. The third kappa shape index (κ3) is 6.48. The Morgan fingerprint density at radius 3 is 2.32 bits per heavy atom. The first-order valence-corrected chi connectivity index (χ1v) is 9.63. The molecule has 28 heavy (non-hydrogen) atoms. The Balaban J connectivity index is 2.19. The summed E-state index contributed by atoms with van der Waals surface area (Å²) in [6.45, 7) is 8.55. The van der Waals surface area contributed by atoms with Crippen molar-refractivity contribution in [2.75, 3.05) is 6.54 Å². The second kappa shape index (κ2) is 10.0. The van der Waals surface area contributed by atoms with Gasteiger partial charge in [-0.15, -0.1) is 0 Å². The summed E-state index contributed by atoms with van der Waals surface area (Å²) in [7, 11) is 0. The van der Waals surface area contributed by atoms with Crippen molar-refractivity contribution in [2.45, 2.75) is 46.7 Å². The maximum atomic E-state index is 13.2. The van der Waals surface area contributed by atoms with Crippen LogP contribution in [-0.4, -0.2) is 29.3 Å². The fourth-order valence-corrected chi connectivity index (χ4v) is 2.92. The van der Waals surface area contributed by atoms with Gasteiger partial charge in [-0.25, -0.2) is 4.39 Å². The molecule has 0 bridgehead atoms. The molecule has 4 nitrogen and oxygen atoms in total. The maximum absolute atomic E-state index is 13.2. The summed E-state index contributed by atoms with van der Waals surface area (Å²) >= 11 is 0. The van der Waals surface area contributed by atoms with Crippen LogP contribution >= 0.6 is 0 Å². The molecule has 0 spiro atoms. The van der Waals surface area contributed by atoms with Crippen molar-refractivity contribution in [1.82, 2.24) is 10.2 Å². The Kier molecular flexibility index (Phi) is 7.73. The summed E-state index contributed by atoms with van der Waals surface area (Å²) < 4.78 is 13.2. The van der Waals surface area contributed by atoms with Crippen molar-refractivity contribution < 1.29 is 14.0 Å². The molecule has 1 N–H and O–H groups in total. The van der Waals surface area contributed by atoms with Gasteiger partial charge in [0.15, 0.2) is 0 Å². The second-order valence-electron chi connectivity index (χ2n) is 7.63. The van der Waals surface area contributed by atoms with E-state index in [0.717, 1.165) is 16.7 Å². The number of carbonyl (C=O) groups is 2. The molecule has 2 aromatic rings. The van der Waals surface area contributed by atoms with E-state index in [1.165, 1.54) is 12.1 Å². The maximum Gasteiger partial charge on any atom is 0.242 e. The first-order valence-electron chi connectivity index (χ1n) is 9.63. The first-order chi connectivity index (χ1) is 13.3. The summed E-state index contributed by atoms with van der Waals surface area (Å²) in [6.07, 6.45) is 0.213. The summed E-state index contributed by atoms with van der Waals surface area (Å²) in [5, 5.41) is 2.89. The van der Waals surface area contributed by atoms with Gasteiger partial charge in [-0.3, -0.25) is 9.59 Å². The molecule has 0 saturated heterocycles. The van der Waals surface area contributed by atoms with Crippen LogP contribution in [0.2, 0.25) is 0 Å².